The molecule has 2 fully saturated rings. The van der Waals surface area contributed by atoms with E-state index in [-0.39, 0.29) is 0 Å². The van der Waals surface area contributed by atoms with Crippen molar-refractivity contribution in [1.82, 2.24) is 10.6 Å². The SMILES string of the molecule is O=P(Cl)(C1CCNC1O)C1CCNC1O. The lowest BCUT2D eigenvalue weighted by Crippen LogP contribution is -2.35. The standard InChI is InChI=1S/C8H16ClN2O3P/c9-15(14,5-1-3-10-7(5)12)6-2-4-11-8(6)13/h5-8,10-13H,1-4H2. The van der Waals surface area contributed by atoms with E-state index in [4.69, 9.17) is 11.2 Å². The molecule has 2 rings (SSSR count). The van der Waals surface area contributed by atoms with Gasteiger partial charge in [0.15, 0.2) is 6.49 Å². The first kappa shape index (κ1) is 11.8. The quantitative estimate of drug-likeness (QED) is 0.516. The van der Waals surface area contributed by atoms with Gasteiger partial charge in [0.1, 0.15) is 12.5 Å². The molecule has 0 aromatic heterocycles. The fourth-order valence-corrected chi connectivity index (χ4v) is 5.99. The predicted molar refractivity (Wildman–Crippen MR) is 58.3 cm³/mol. The zero-order valence-corrected chi connectivity index (χ0v) is 9.92. The van der Waals surface area contributed by atoms with Gasteiger partial charge in [-0.3, -0.25) is 10.6 Å². The van der Waals surface area contributed by atoms with Crippen LogP contribution in [0.25, 0.3) is 0 Å². The topological polar surface area (TPSA) is 81.6 Å². The second kappa shape index (κ2) is 4.32. The van der Waals surface area contributed by atoms with Crippen LogP contribution in [-0.4, -0.2) is 47.1 Å². The molecule has 0 amide bonds. The Hall–Kier alpha value is 0.360. The van der Waals surface area contributed by atoms with E-state index < -0.39 is 30.3 Å². The van der Waals surface area contributed by atoms with Crippen molar-refractivity contribution >= 4 is 17.7 Å². The summed E-state index contributed by atoms with van der Waals surface area (Å²) in [5.74, 6) is 0. The van der Waals surface area contributed by atoms with E-state index in [0.29, 0.717) is 25.9 Å². The van der Waals surface area contributed by atoms with E-state index in [9.17, 15) is 14.8 Å². The van der Waals surface area contributed by atoms with Crippen LogP contribution in [0.3, 0.4) is 0 Å². The van der Waals surface area contributed by atoms with E-state index in [1.54, 1.807) is 0 Å². The lowest BCUT2D eigenvalue weighted by Gasteiger charge is -2.27. The first-order valence-corrected chi connectivity index (χ1v) is 7.90. The van der Waals surface area contributed by atoms with Gasteiger partial charge in [-0.15, -0.1) is 0 Å². The zero-order valence-electron chi connectivity index (χ0n) is 8.27. The Morgan fingerprint density at radius 3 is 1.73 bits per heavy atom. The summed E-state index contributed by atoms with van der Waals surface area (Å²) in [5, 5.41) is 24.8. The number of nitrogens with one attached hydrogen (secondary N) is 2. The highest BCUT2D eigenvalue weighted by atomic mass is 35.7. The van der Waals surface area contributed by atoms with Crippen molar-refractivity contribution in [1.29, 1.82) is 0 Å². The summed E-state index contributed by atoms with van der Waals surface area (Å²) in [6, 6.07) is 0. The molecular weight excluding hydrogens is 239 g/mol. The summed E-state index contributed by atoms with van der Waals surface area (Å²) in [4.78, 5) is 0. The fraction of sp³-hybridized carbons (Fsp3) is 1.00. The molecule has 0 radical (unpaired) electrons. The second-order valence-corrected chi connectivity index (χ2v) is 8.29. The Kier molecular flexibility index (Phi) is 3.41. The van der Waals surface area contributed by atoms with E-state index in [2.05, 4.69) is 10.6 Å². The van der Waals surface area contributed by atoms with Crippen LogP contribution >= 0.6 is 17.7 Å². The number of rotatable bonds is 2. The normalized spacial score (nSPS) is 45.5. The Balaban J connectivity index is 2.14. The first-order valence-electron chi connectivity index (χ1n) is 5.15. The van der Waals surface area contributed by atoms with E-state index >= 15 is 0 Å². The molecule has 2 aliphatic heterocycles. The summed E-state index contributed by atoms with van der Waals surface area (Å²) in [6.45, 7) is -1.81. The summed E-state index contributed by atoms with van der Waals surface area (Å²) in [7, 11) is 0. The van der Waals surface area contributed by atoms with Crippen molar-refractivity contribution in [2.24, 2.45) is 0 Å². The average Bonchev–Trinajstić information content (AvgIpc) is 2.73. The minimum atomic E-state index is -3.05. The van der Waals surface area contributed by atoms with Gasteiger partial charge < -0.3 is 14.8 Å². The molecule has 4 atom stereocenters. The van der Waals surface area contributed by atoms with Crippen molar-refractivity contribution in [3.05, 3.63) is 0 Å². The maximum Gasteiger partial charge on any atom is 0.183 e. The third-order valence-corrected chi connectivity index (χ3v) is 7.61. The summed E-state index contributed by atoms with van der Waals surface area (Å²) in [5.41, 5.74) is -0.863. The number of halogens is 1. The maximum atomic E-state index is 12.4. The second-order valence-electron chi connectivity index (χ2n) is 4.13. The molecule has 0 aromatic carbocycles. The molecule has 2 heterocycles. The predicted octanol–water partition coefficient (Wildman–Crippen LogP) is -0.136. The van der Waals surface area contributed by atoms with E-state index in [1.165, 1.54) is 0 Å². The Bertz CT molecular complexity index is 267. The van der Waals surface area contributed by atoms with Gasteiger partial charge in [0.2, 0.25) is 0 Å². The van der Waals surface area contributed by atoms with E-state index in [0.717, 1.165) is 0 Å². The van der Waals surface area contributed by atoms with Crippen molar-refractivity contribution in [2.45, 2.75) is 36.6 Å². The smallest absolute Gasteiger partial charge is 0.183 e. The molecule has 0 bridgehead atoms. The van der Waals surface area contributed by atoms with Crippen LogP contribution in [0.4, 0.5) is 0 Å². The van der Waals surface area contributed by atoms with Gasteiger partial charge in [-0.05, 0) is 25.9 Å². The molecule has 2 saturated heterocycles. The molecule has 5 nitrogen and oxygen atoms in total. The highest BCUT2D eigenvalue weighted by Gasteiger charge is 2.48. The van der Waals surface area contributed by atoms with Crippen molar-refractivity contribution in [3.8, 4) is 0 Å². The van der Waals surface area contributed by atoms with Gasteiger partial charge in [-0.1, -0.05) is 11.2 Å². The Labute approximate surface area is 93.4 Å². The maximum absolute atomic E-state index is 12.4. The highest BCUT2D eigenvalue weighted by Crippen LogP contribution is 2.64. The number of hydrogen-bond acceptors (Lipinski definition) is 5. The molecule has 0 saturated carbocycles. The van der Waals surface area contributed by atoms with Crippen molar-refractivity contribution in [3.63, 3.8) is 0 Å². The average molecular weight is 255 g/mol. The monoisotopic (exact) mass is 254 g/mol. The van der Waals surface area contributed by atoms with Gasteiger partial charge in [0, 0.05) is 0 Å². The fourth-order valence-electron chi connectivity index (χ4n) is 2.33. The van der Waals surface area contributed by atoms with Gasteiger partial charge in [0.05, 0.1) is 11.3 Å². The van der Waals surface area contributed by atoms with Gasteiger partial charge >= 0.3 is 0 Å². The largest absolute Gasteiger partial charge is 0.378 e. The van der Waals surface area contributed by atoms with Crippen molar-refractivity contribution in [2.75, 3.05) is 13.1 Å². The molecular formula is C8H16ClN2O3P. The number of aliphatic hydroxyl groups is 2. The molecule has 2 aliphatic rings. The number of aliphatic hydroxyl groups excluding tert-OH is 2. The van der Waals surface area contributed by atoms with Gasteiger partial charge in [0.25, 0.3) is 0 Å². The molecule has 0 aliphatic carbocycles. The first-order chi connectivity index (χ1) is 7.03. The molecule has 15 heavy (non-hydrogen) atoms. The molecule has 7 heteroatoms. The molecule has 4 N–H and O–H groups in total. The molecule has 88 valence electrons. The van der Waals surface area contributed by atoms with Crippen LogP contribution in [-0.2, 0) is 4.57 Å². The summed E-state index contributed by atoms with van der Waals surface area (Å²) in [6.07, 6.45) is -0.404. The zero-order chi connectivity index (χ0) is 11.1. The van der Waals surface area contributed by atoms with Crippen LogP contribution < -0.4 is 10.6 Å². The van der Waals surface area contributed by atoms with Crippen molar-refractivity contribution < 1.29 is 14.8 Å². The van der Waals surface area contributed by atoms with Crippen LogP contribution in [0, 0.1) is 0 Å². The third-order valence-electron chi connectivity index (χ3n) is 3.22. The Morgan fingerprint density at radius 1 is 1.07 bits per heavy atom. The van der Waals surface area contributed by atoms with E-state index in [1.807, 2.05) is 0 Å². The molecule has 0 aromatic rings. The van der Waals surface area contributed by atoms with Crippen LogP contribution in [0.5, 0.6) is 0 Å². The van der Waals surface area contributed by atoms with Crippen LogP contribution in [0.1, 0.15) is 12.8 Å². The van der Waals surface area contributed by atoms with Gasteiger partial charge in [-0.25, -0.2) is 0 Å². The molecule has 0 spiro atoms. The number of hydrogen-bond donors (Lipinski definition) is 4. The lowest BCUT2D eigenvalue weighted by molar-refractivity contribution is 0.153. The molecule has 4 unspecified atom stereocenters. The lowest BCUT2D eigenvalue weighted by atomic mass is 10.3. The Morgan fingerprint density at radius 2 is 1.47 bits per heavy atom. The van der Waals surface area contributed by atoms with Gasteiger partial charge in [-0.2, -0.15) is 0 Å². The highest BCUT2D eigenvalue weighted by molar-refractivity contribution is 7.90. The minimum absolute atomic E-state index is 0.432. The van der Waals surface area contributed by atoms with Crippen LogP contribution in [0.2, 0.25) is 0 Å². The third kappa shape index (κ3) is 2.09. The minimum Gasteiger partial charge on any atom is -0.378 e. The van der Waals surface area contributed by atoms with Crippen LogP contribution in [0.15, 0.2) is 0 Å². The summed E-state index contributed by atoms with van der Waals surface area (Å²) < 4.78 is 12.4. The summed E-state index contributed by atoms with van der Waals surface area (Å²) >= 11 is 6.09.